The Kier molecular flexibility index (Phi) is 5.81. The van der Waals surface area contributed by atoms with Gasteiger partial charge in [0, 0.05) is 11.5 Å². The van der Waals surface area contributed by atoms with Crippen molar-refractivity contribution in [1.29, 1.82) is 0 Å². The van der Waals surface area contributed by atoms with Crippen LogP contribution in [0.15, 0.2) is 0 Å². The van der Waals surface area contributed by atoms with Crippen molar-refractivity contribution in [3.05, 3.63) is 0 Å². The van der Waals surface area contributed by atoms with E-state index in [1.54, 1.807) is 0 Å². The molecule has 0 nitrogen and oxygen atoms in total. The Morgan fingerprint density at radius 1 is 1.00 bits per heavy atom. The van der Waals surface area contributed by atoms with Gasteiger partial charge in [-0.25, -0.2) is 0 Å². The average Bonchev–Trinajstić information content (AvgIpc) is 2.41. The Labute approximate surface area is 122 Å². The molecular formula is C16H30S2. The monoisotopic (exact) mass is 286 g/mol. The molecule has 2 rings (SSSR count). The van der Waals surface area contributed by atoms with Crippen molar-refractivity contribution in [2.24, 2.45) is 17.3 Å². The van der Waals surface area contributed by atoms with Gasteiger partial charge in [-0.05, 0) is 36.5 Å². The second-order valence-corrected chi connectivity index (χ2v) is 9.28. The third-order valence-electron chi connectivity index (χ3n) is 5.02. The van der Waals surface area contributed by atoms with Crippen LogP contribution in [-0.4, -0.2) is 16.1 Å². The summed E-state index contributed by atoms with van der Waals surface area (Å²) in [4.78, 5) is 0. The maximum Gasteiger partial charge on any atom is 0.0531 e. The minimum Gasteiger partial charge on any atom is -0.147 e. The van der Waals surface area contributed by atoms with Gasteiger partial charge in [0.25, 0.3) is 0 Å². The zero-order valence-corrected chi connectivity index (χ0v) is 14.0. The third kappa shape index (κ3) is 3.85. The number of thioether (sulfide) groups is 2. The van der Waals surface area contributed by atoms with Crippen LogP contribution >= 0.6 is 23.5 Å². The smallest absolute Gasteiger partial charge is 0.0531 e. The molecule has 2 fully saturated rings. The van der Waals surface area contributed by atoms with Crippen LogP contribution in [0, 0.1) is 17.3 Å². The summed E-state index contributed by atoms with van der Waals surface area (Å²) < 4.78 is 0.923. The molecule has 1 saturated carbocycles. The van der Waals surface area contributed by atoms with E-state index in [2.05, 4.69) is 44.3 Å². The van der Waals surface area contributed by atoms with Gasteiger partial charge in [-0.2, -0.15) is 0 Å². The van der Waals surface area contributed by atoms with Gasteiger partial charge >= 0.3 is 0 Å². The van der Waals surface area contributed by atoms with Gasteiger partial charge in [-0.15, -0.1) is 23.5 Å². The molecule has 1 aliphatic carbocycles. The molecule has 106 valence electrons. The molecule has 0 aromatic heterocycles. The highest BCUT2D eigenvalue weighted by molar-refractivity contribution is 8.17. The molecule has 1 saturated heterocycles. The Bertz CT molecular complexity index is 235. The van der Waals surface area contributed by atoms with Crippen molar-refractivity contribution >= 4 is 23.5 Å². The van der Waals surface area contributed by atoms with Crippen molar-refractivity contribution in [3.8, 4) is 0 Å². The Morgan fingerprint density at radius 3 is 2.11 bits per heavy atom. The molecule has 18 heavy (non-hydrogen) atoms. The van der Waals surface area contributed by atoms with Crippen LogP contribution in [0.2, 0.25) is 0 Å². The fourth-order valence-corrected chi connectivity index (χ4v) is 7.05. The summed E-state index contributed by atoms with van der Waals surface area (Å²) in [6.07, 6.45) is 10.3. The summed E-state index contributed by atoms with van der Waals surface area (Å²) in [5.74, 6) is 4.88. The average molecular weight is 287 g/mol. The summed E-state index contributed by atoms with van der Waals surface area (Å²) >= 11 is 4.56. The first kappa shape index (κ1) is 15.1. The first-order chi connectivity index (χ1) is 8.67. The van der Waals surface area contributed by atoms with Crippen LogP contribution < -0.4 is 0 Å². The first-order valence-corrected chi connectivity index (χ1v) is 10.00. The van der Waals surface area contributed by atoms with E-state index in [1.165, 1.54) is 56.5 Å². The van der Waals surface area contributed by atoms with Gasteiger partial charge in [-0.3, -0.25) is 0 Å². The lowest BCUT2D eigenvalue weighted by molar-refractivity contribution is 0.272. The molecule has 2 heteroatoms. The van der Waals surface area contributed by atoms with Crippen LogP contribution in [0.5, 0.6) is 0 Å². The van der Waals surface area contributed by atoms with Crippen molar-refractivity contribution in [2.75, 3.05) is 11.5 Å². The lowest BCUT2D eigenvalue weighted by atomic mass is 9.81. The van der Waals surface area contributed by atoms with E-state index in [0.717, 1.165) is 16.4 Å². The van der Waals surface area contributed by atoms with Crippen molar-refractivity contribution in [3.63, 3.8) is 0 Å². The predicted octanol–water partition coefficient (Wildman–Crippen LogP) is 5.82. The second-order valence-electron chi connectivity index (χ2n) is 6.72. The SMILES string of the molecule is CCCC1CCC(C2SCC(C)(CC)CS2)CC1. The van der Waals surface area contributed by atoms with Crippen LogP contribution in [0.25, 0.3) is 0 Å². The Morgan fingerprint density at radius 2 is 1.61 bits per heavy atom. The van der Waals surface area contributed by atoms with E-state index in [4.69, 9.17) is 0 Å². The molecule has 2 aliphatic rings. The van der Waals surface area contributed by atoms with Crippen molar-refractivity contribution in [1.82, 2.24) is 0 Å². The van der Waals surface area contributed by atoms with Gasteiger partial charge < -0.3 is 0 Å². The molecule has 0 atom stereocenters. The number of rotatable bonds is 4. The normalized spacial score (nSPS) is 41.8. The van der Waals surface area contributed by atoms with Gasteiger partial charge in [0.1, 0.15) is 0 Å². The highest BCUT2D eigenvalue weighted by Crippen LogP contribution is 2.48. The lowest BCUT2D eigenvalue weighted by Crippen LogP contribution is -2.32. The molecular weight excluding hydrogens is 256 g/mol. The fraction of sp³-hybridized carbons (Fsp3) is 1.00. The van der Waals surface area contributed by atoms with Gasteiger partial charge in [-0.1, -0.05) is 46.5 Å². The van der Waals surface area contributed by atoms with Gasteiger partial charge in [0.15, 0.2) is 0 Å². The van der Waals surface area contributed by atoms with Crippen LogP contribution in [-0.2, 0) is 0 Å². The molecule has 0 N–H and O–H groups in total. The topological polar surface area (TPSA) is 0 Å². The zero-order chi connectivity index (χ0) is 13.0. The Hall–Kier alpha value is 0.700. The Balaban J connectivity index is 1.74. The van der Waals surface area contributed by atoms with Gasteiger partial charge in [0.05, 0.1) is 4.58 Å². The van der Waals surface area contributed by atoms with Gasteiger partial charge in [0.2, 0.25) is 0 Å². The molecule has 0 aromatic carbocycles. The molecule has 0 bridgehead atoms. The molecule has 0 spiro atoms. The van der Waals surface area contributed by atoms with Crippen molar-refractivity contribution in [2.45, 2.75) is 70.3 Å². The molecule has 0 radical (unpaired) electrons. The van der Waals surface area contributed by atoms with E-state index >= 15 is 0 Å². The number of hydrogen-bond donors (Lipinski definition) is 0. The van der Waals surface area contributed by atoms with E-state index in [-0.39, 0.29) is 0 Å². The maximum atomic E-state index is 2.47. The predicted molar refractivity (Wildman–Crippen MR) is 87.5 cm³/mol. The number of hydrogen-bond acceptors (Lipinski definition) is 2. The van der Waals surface area contributed by atoms with E-state index in [1.807, 2.05) is 0 Å². The van der Waals surface area contributed by atoms with E-state index in [9.17, 15) is 0 Å². The second kappa shape index (κ2) is 6.92. The summed E-state index contributed by atoms with van der Waals surface area (Å²) in [6, 6.07) is 0. The summed E-state index contributed by atoms with van der Waals surface area (Å²) in [7, 11) is 0. The summed E-state index contributed by atoms with van der Waals surface area (Å²) in [5.41, 5.74) is 0.616. The molecule has 0 amide bonds. The largest absolute Gasteiger partial charge is 0.147 e. The fourth-order valence-electron chi connectivity index (χ4n) is 3.29. The maximum absolute atomic E-state index is 2.47. The summed E-state index contributed by atoms with van der Waals surface area (Å²) in [5, 5.41) is 0. The molecule has 0 unspecified atom stereocenters. The van der Waals surface area contributed by atoms with Crippen molar-refractivity contribution < 1.29 is 0 Å². The van der Waals surface area contributed by atoms with Crippen LogP contribution in [0.1, 0.15) is 65.7 Å². The highest BCUT2D eigenvalue weighted by Gasteiger charge is 2.35. The molecule has 1 heterocycles. The first-order valence-electron chi connectivity index (χ1n) is 7.90. The summed E-state index contributed by atoms with van der Waals surface area (Å²) in [6.45, 7) is 7.17. The lowest BCUT2D eigenvalue weighted by Gasteiger charge is -2.41. The third-order valence-corrected chi connectivity index (χ3v) is 8.99. The minimum absolute atomic E-state index is 0.616. The van der Waals surface area contributed by atoms with Crippen LogP contribution in [0.3, 0.4) is 0 Å². The minimum atomic E-state index is 0.616. The van der Waals surface area contributed by atoms with E-state index in [0.29, 0.717) is 5.41 Å². The van der Waals surface area contributed by atoms with Crippen LogP contribution in [0.4, 0.5) is 0 Å². The standard InChI is InChI=1S/C16H30S2/c1-4-6-13-7-9-14(10-8-13)15-17-11-16(3,5-2)12-18-15/h13-15H,4-12H2,1-3H3. The molecule has 0 aromatic rings. The quantitative estimate of drug-likeness (QED) is 0.639. The highest BCUT2D eigenvalue weighted by atomic mass is 32.2. The van der Waals surface area contributed by atoms with E-state index < -0.39 is 0 Å². The molecule has 1 aliphatic heterocycles. The zero-order valence-electron chi connectivity index (χ0n) is 12.4.